The molecule has 1 aliphatic heterocycles. The first-order valence-electron chi connectivity index (χ1n) is 10.8. The molecule has 2 aromatic carbocycles. The van der Waals surface area contributed by atoms with Gasteiger partial charge in [0.05, 0.1) is 4.90 Å². The summed E-state index contributed by atoms with van der Waals surface area (Å²) in [4.78, 5) is 26.5. The average Bonchev–Trinajstić information content (AvgIpc) is 3.12. The van der Waals surface area contributed by atoms with Crippen LogP contribution in [-0.2, 0) is 26.0 Å². The Morgan fingerprint density at radius 3 is 2.44 bits per heavy atom. The molecule has 172 valence electrons. The minimum atomic E-state index is -3.93. The van der Waals surface area contributed by atoms with Gasteiger partial charge in [0.25, 0.3) is 0 Å². The van der Waals surface area contributed by atoms with E-state index in [1.165, 1.54) is 13.0 Å². The molecule has 0 fully saturated rings. The number of fused-ring (bicyclic) bond motifs is 1. The van der Waals surface area contributed by atoms with E-state index < -0.39 is 22.0 Å². The number of aryl methyl sites for hydroxylation is 2. The van der Waals surface area contributed by atoms with Crippen LogP contribution in [0.5, 0.6) is 0 Å². The van der Waals surface area contributed by atoms with E-state index in [2.05, 4.69) is 10.0 Å². The Kier molecular flexibility index (Phi) is 7.05. The van der Waals surface area contributed by atoms with Crippen LogP contribution in [0.1, 0.15) is 43.9 Å². The van der Waals surface area contributed by atoms with Crippen molar-refractivity contribution < 1.29 is 18.0 Å². The van der Waals surface area contributed by atoms with Crippen molar-refractivity contribution in [3.63, 3.8) is 0 Å². The standard InChI is InChI=1S/C24H31N3O4S/c1-15(2)12-22(24(29)25-21-8-6-16(3)13-17(21)4)26-32(30,31)20-7-9-23-19(14-20)10-11-27(23)18(5)28/h6-9,13-15,22,26H,10-12H2,1-5H3,(H,25,29)/t22-/m1/s1. The van der Waals surface area contributed by atoms with Gasteiger partial charge in [-0.1, -0.05) is 31.5 Å². The van der Waals surface area contributed by atoms with Crippen LogP contribution in [0.15, 0.2) is 41.3 Å². The van der Waals surface area contributed by atoms with E-state index in [4.69, 9.17) is 0 Å². The van der Waals surface area contributed by atoms with Gasteiger partial charge in [-0.05, 0) is 68.0 Å². The van der Waals surface area contributed by atoms with Crippen LogP contribution in [0.25, 0.3) is 0 Å². The molecule has 2 amide bonds. The van der Waals surface area contributed by atoms with Crippen LogP contribution in [0.4, 0.5) is 11.4 Å². The first-order chi connectivity index (χ1) is 15.0. The summed E-state index contributed by atoms with van der Waals surface area (Å²) in [6, 6.07) is 9.51. The number of hydrogen-bond donors (Lipinski definition) is 2. The molecule has 2 N–H and O–H groups in total. The molecule has 2 aromatic rings. The minimum absolute atomic E-state index is 0.0717. The number of hydrogen-bond acceptors (Lipinski definition) is 4. The zero-order chi connectivity index (χ0) is 23.6. The van der Waals surface area contributed by atoms with Crippen LogP contribution >= 0.6 is 0 Å². The van der Waals surface area contributed by atoms with E-state index in [1.807, 2.05) is 45.9 Å². The lowest BCUT2D eigenvalue weighted by molar-refractivity contribution is -0.118. The van der Waals surface area contributed by atoms with E-state index in [1.54, 1.807) is 17.0 Å². The van der Waals surface area contributed by atoms with Gasteiger partial charge in [-0.25, -0.2) is 8.42 Å². The van der Waals surface area contributed by atoms with Crippen molar-refractivity contribution in [3.05, 3.63) is 53.1 Å². The second-order valence-electron chi connectivity index (χ2n) is 8.82. The quantitative estimate of drug-likeness (QED) is 0.665. The first-order valence-corrected chi connectivity index (χ1v) is 12.3. The summed E-state index contributed by atoms with van der Waals surface area (Å²) in [7, 11) is -3.93. The highest BCUT2D eigenvalue weighted by atomic mass is 32.2. The average molecular weight is 458 g/mol. The molecular formula is C24H31N3O4S. The van der Waals surface area contributed by atoms with Crippen LogP contribution in [0, 0.1) is 19.8 Å². The minimum Gasteiger partial charge on any atom is -0.324 e. The zero-order valence-electron chi connectivity index (χ0n) is 19.2. The Balaban J connectivity index is 1.83. The SMILES string of the molecule is CC(=O)N1CCc2cc(S(=O)(=O)N[C@H](CC(C)C)C(=O)Nc3ccc(C)cc3C)ccc21. The number of amides is 2. The molecule has 1 atom stereocenters. The van der Waals surface area contributed by atoms with E-state index in [9.17, 15) is 18.0 Å². The summed E-state index contributed by atoms with van der Waals surface area (Å²) < 4.78 is 28.9. The van der Waals surface area contributed by atoms with Gasteiger partial charge < -0.3 is 10.2 Å². The van der Waals surface area contributed by atoms with E-state index in [0.29, 0.717) is 25.1 Å². The van der Waals surface area contributed by atoms with Crippen molar-refractivity contribution in [2.24, 2.45) is 5.92 Å². The van der Waals surface area contributed by atoms with Gasteiger partial charge in [0.15, 0.2) is 0 Å². The van der Waals surface area contributed by atoms with Gasteiger partial charge in [-0.3, -0.25) is 9.59 Å². The molecule has 0 saturated carbocycles. The van der Waals surface area contributed by atoms with E-state index in [-0.39, 0.29) is 16.7 Å². The number of nitrogens with one attached hydrogen (secondary N) is 2. The predicted octanol–water partition coefficient (Wildman–Crippen LogP) is 3.54. The normalized spacial score (nSPS) is 14.4. The number of carbonyl (C=O) groups is 2. The fourth-order valence-electron chi connectivity index (χ4n) is 3.98. The largest absolute Gasteiger partial charge is 0.324 e. The maximum absolute atomic E-state index is 13.1. The van der Waals surface area contributed by atoms with Gasteiger partial charge in [-0.2, -0.15) is 4.72 Å². The molecule has 0 saturated heterocycles. The molecule has 1 heterocycles. The predicted molar refractivity (Wildman–Crippen MR) is 126 cm³/mol. The molecule has 32 heavy (non-hydrogen) atoms. The Morgan fingerprint density at radius 2 is 1.81 bits per heavy atom. The number of rotatable bonds is 7. The Morgan fingerprint density at radius 1 is 1.09 bits per heavy atom. The monoisotopic (exact) mass is 457 g/mol. The highest BCUT2D eigenvalue weighted by Gasteiger charge is 2.29. The number of sulfonamides is 1. The lowest BCUT2D eigenvalue weighted by Crippen LogP contribution is -2.44. The molecule has 7 nitrogen and oxygen atoms in total. The third-order valence-electron chi connectivity index (χ3n) is 5.60. The fourth-order valence-corrected chi connectivity index (χ4v) is 5.24. The smallest absolute Gasteiger partial charge is 0.242 e. The van der Waals surface area contributed by atoms with Crippen LogP contribution < -0.4 is 14.9 Å². The molecular weight excluding hydrogens is 426 g/mol. The molecule has 1 aliphatic rings. The molecule has 0 unspecified atom stereocenters. The zero-order valence-corrected chi connectivity index (χ0v) is 20.0. The molecule has 8 heteroatoms. The highest BCUT2D eigenvalue weighted by molar-refractivity contribution is 7.89. The summed E-state index contributed by atoms with van der Waals surface area (Å²) in [6.45, 7) is 9.79. The van der Waals surface area contributed by atoms with Crippen molar-refractivity contribution in [3.8, 4) is 0 Å². The van der Waals surface area contributed by atoms with Gasteiger partial charge in [0.2, 0.25) is 21.8 Å². The van der Waals surface area contributed by atoms with Crippen LogP contribution in [-0.4, -0.2) is 32.8 Å². The number of nitrogens with zero attached hydrogens (tertiary/aromatic N) is 1. The molecule has 0 bridgehead atoms. The highest BCUT2D eigenvalue weighted by Crippen LogP contribution is 2.30. The van der Waals surface area contributed by atoms with E-state index in [0.717, 1.165) is 22.4 Å². The maximum atomic E-state index is 13.1. The topological polar surface area (TPSA) is 95.6 Å². The first kappa shape index (κ1) is 23.9. The fraction of sp³-hybridized carbons (Fsp3) is 0.417. The Labute approximate surface area is 190 Å². The van der Waals surface area contributed by atoms with Gasteiger partial charge >= 0.3 is 0 Å². The molecule has 3 rings (SSSR count). The molecule has 0 aliphatic carbocycles. The second kappa shape index (κ2) is 9.42. The number of carbonyl (C=O) groups excluding carboxylic acids is 2. The molecule has 0 aromatic heterocycles. The van der Waals surface area contributed by atoms with Crippen molar-refractivity contribution in [1.29, 1.82) is 0 Å². The lowest BCUT2D eigenvalue weighted by Gasteiger charge is -2.21. The van der Waals surface area contributed by atoms with Crippen LogP contribution in [0.2, 0.25) is 0 Å². The van der Waals surface area contributed by atoms with Gasteiger partial charge in [0.1, 0.15) is 6.04 Å². The number of benzene rings is 2. The second-order valence-corrected chi connectivity index (χ2v) is 10.5. The van der Waals surface area contributed by atoms with Crippen molar-refractivity contribution in [1.82, 2.24) is 4.72 Å². The van der Waals surface area contributed by atoms with E-state index >= 15 is 0 Å². The third-order valence-corrected chi connectivity index (χ3v) is 7.07. The molecule has 0 radical (unpaired) electrons. The summed E-state index contributed by atoms with van der Waals surface area (Å²) >= 11 is 0. The van der Waals surface area contributed by atoms with Gasteiger partial charge in [0, 0.05) is 24.8 Å². The summed E-state index contributed by atoms with van der Waals surface area (Å²) in [5.41, 5.74) is 4.21. The van der Waals surface area contributed by atoms with Gasteiger partial charge in [-0.15, -0.1) is 0 Å². The molecule has 0 spiro atoms. The Bertz CT molecular complexity index is 1140. The Hall–Kier alpha value is -2.71. The lowest BCUT2D eigenvalue weighted by atomic mass is 10.0. The summed E-state index contributed by atoms with van der Waals surface area (Å²) in [5.74, 6) is -0.354. The van der Waals surface area contributed by atoms with Crippen molar-refractivity contribution in [2.75, 3.05) is 16.8 Å². The number of anilines is 2. The van der Waals surface area contributed by atoms with Crippen molar-refractivity contribution >= 4 is 33.2 Å². The van der Waals surface area contributed by atoms with Crippen LogP contribution in [0.3, 0.4) is 0 Å². The maximum Gasteiger partial charge on any atom is 0.242 e. The summed E-state index contributed by atoms with van der Waals surface area (Å²) in [5, 5.41) is 2.87. The van der Waals surface area contributed by atoms with Crippen molar-refractivity contribution in [2.45, 2.75) is 58.4 Å². The summed E-state index contributed by atoms with van der Waals surface area (Å²) in [6.07, 6.45) is 0.958. The third kappa shape index (κ3) is 5.37.